The van der Waals surface area contributed by atoms with Crippen molar-refractivity contribution >= 4 is 17.3 Å². The van der Waals surface area contributed by atoms with Crippen molar-refractivity contribution in [1.29, 1.82) is 0 Å². The monoisotopic (exact) mass is 394 g/mol. The van der Waals surface area contributed by atoms with Crippen molar-refractivity contribution in [3.05, 3.63) is 77.3 Å². The zero-order chi connectivity index (χ0) is 19.8. The first kappa shape index (κ1) is 18.7. The summed E-state index contributed by atoms with van der Waals surface area (Å²) in [6, 6.07) is 12.7. The van der Waals surface area contributed by atoms with E-state index in [2.05, 4.69) is 59.6 Å². The van der Waals surface area contributed by atoms with E-state index in [0.29, 0.717) is 12.6 Å². The maximum atomic E-state index is 5.74. The standard InChI is InChI=1S/C22H26N4OS/c1-14(2)26-15(3)12-18(16(26)4)21-20(19-9-5-6-10-23-19)24-22(28)25(21)13-17-8-7-11-27-17/h5-12,14,20-21H,13H2,1-4H3,(H,24,28)/t20-,21-/m0/s1. The number of pyridine rings is 1. The van der Waals surface area contributed by atoms with E-state index in [4.69, 9.17) is 16.6 Å². The third kappa shape index (κ3) is 3.22. The van der Waals surface area contributed by atoms with Gasteiger partial charge in [0.1, 0.15) is 5.76 Å². The lowest BCUT2D eigenvalue weighted by atomic mass is 9.96. The highest BCUT2D eigenvalue weighted by molar-refractivity contribution is 7.80. The lowest BCUT2D eigenvalue weighted by Crippen LogP contribution is -2.29. The Morgan fingerprint density at radius 2 is 2.04 bits per heavy atom. The Hall–Kier alpha value is -2.60. The molecule has 0 bridgehead atoms. The molecule has 0 unspecified atom stereocenters. The number of rotatable bonds is 5. The van der Waals surface area contributed by atoms with Crippen molar-refractivity contribution in [1.82, 2.24) is 19.8 Å². The average Bonchev–Trinajstić information content (AvgIpc) is 3.36. The number of aryl methyl sites for hydroxylation is 1. The van der Waals surface area contributed by atoms with E-state index in [9.17, 15) is 0 Å². The summed E-state index contributed by atoms with van der Waals surface area (Å²) in [5.41, 5.74) is 4.80. The first-order chi connectivity index (χ1) is 13.5. The van der Waals surface area contributed by atoms with Crippen LogP contribution >= 0.6 is 12.2 Å². The SMILES string of the molecule is Cc1cc([C@H]2[C@H](c3ccccn3)NC(=S)N2Cc2ccco2)c(C)n1C(C)C. The number of hydrogen-bond donors (Lipinski definition) is 1. The van der Waals surface area contributed by atoms with Crippen LogP contribution in [0.2, 0.25) is 0 Å². The molecule has 0 amide bonds. The first-order valence-electron chi connectivity index (χ1n) is 9.66. The van der Waals surface area contributed by atoms with Gasteiger partial charge in [-0.2, -0.15) is 0 Å². The van der Waals surface area contributed by atoms with Crippen molar-refractivity contribution < 1.29 is 4.42 Å². The van der Waals surface area contributed by atoms with Gasteiger partial charge in [0.25, 0.3) is 0 Å². The van der Waals surface area contributed by atoms with Gasteiger partial charge in [0.05, 0.1) is 30.6 Å². The van der Waals surface area contributed by atoms with Crippen LogP contribution in [0.15, 0.2) is 53.3 Å². The normalized spacial score (nSPS) is 19.5. The van der Waals surface area contributed by atoms with E-state index in [0.717, 1.165) is 16.6 Å². The minimum Gasteiger partial charge on any atom is -0.467 e. The van der Waals surface area contributed by atoms with Crippen LogP contribution in [0.3, 0.4) is 0 Å². The zero-order valence-corrected chi connectivity index (χ0v) is 17.5. The topological polar surface area (TPSA) is 46.2 Å². The Morgan fingerprint density at radius 3 is 2.64 bits per heavy atom. The third-order valence-corrected chi connectivity index (χ3v) is 5.81. The van der Waals surface area contributed by atoms with E-state index in [-0.39, 0.29) is 12.1 Å². The number of thiocarbonyl (C=S) groups is 1. The van der Waals surface area contributed by atoms with Crippen molar-refractivity contribution in [2.75, 3.05) is 0 Å². The number of nitrogens with one attached hydrogen (secondary N) is 1. The number of hydrogen-bond acceptors (Lipinski definition) is 3. The summed E-state index contributed by atoms with van der Waals surface area (Å²) in [4.78, 5) is 6.84. The Balaban J connectivity index is 1.81. The van der Waals surface area contributed by atoms with Crippen molar-refractivity contribution in [2.45, 2.75) is 52.4 Å². The fourth-order valence-corrected chi connectivity index (χ4v) is 4.69. The molecule has 3 aromatic heterocycles. The highest BCUT2D eigenvalue weighted by Crippen LogP contribution is 2.42. The molecule has 1 fully saturated rings. The van der Waals surface area contributed by atoms with Crippen LogP contribution in [0.1, 0.15) is 60.4 Å². The molecule has 0 saturated carbocycles. The second kappa shape index (κ2) is 7.43. The molecular formula is C22H26N4OS. The molecule has 5 nitrogen and oxygen atoms in total. The maximum Gasteiger partial charge on any atom is 0.170 e. The second-order valence-electron chi connectivity index (χ2n) is 7.62. The van der Waals surface area contributed by atoms with Crippen LogP contribution < -0.4 is 5.32 Å². The quantitative estimate of drug-likeness (QED) is 0.627. The van der Waals surface area contributed by atoms with Gasteiger partial charge < -0.3 is 19.2 Å². The van der Waals surface area contributed by atoms with Crippen molar-refractivity contribution in [2.24, 2.45) is 0 Å². The Labute approximate surface area is 171 Å². The fourth-order valence-electron chi connectivity index (χ4n) is 4.38. The molecule has 0 aromatic carbocycles. The molecule has 1 saturated heterocycles. The van der Waals surface area contributed by atoms with Gasteiger partial charge in [-0.15, -0.1) is 0 Å². The highest BCUT2D eigenvalue weighted by Gasteiger charge is 2.41. The van der Waals surface area contributed by atoms with Gasteiger partial charge in [-0.1, -0.05) is 6.07 Å². The molecule has 3 aromatic rings. The summed E-state index contributed by atoms with van der Waals surface area (Å²) in [5, 5.41) is 4.24. The number of aromatic nitrogens is 2. The fraction of sp³-hybridized carbons (Fsp3) is 0.364. The molecule has 4 rings (SSSR count). The van der Waals surface area contributed by atoms with Gasteiger partial charge in [-0.3, -0.25) is 4.98 Å². The minimum absolute atomic E-state index is 0.00947. The molecule has 0 aliphatic carbocycles. The van der Waals surface area contributed by atoms with E-state index < -0.39 is 0 Å². The number of furan rings is 1. The predicted octanol–water partition coefficient (Wildman–Crippen LogP) is 4.85. The van der Waals surface area contributed by atoms with Gasteiger partial charge in [-0.25, -0.2) is 0 Å². The third-order valence-electron chi connectivity index (χ3n) is 5.46. The van der Waals surface area contributed by atoms with E-state index >= 15 is 0 Å². The molecule has 0 spiro atoms. The van der Waals surface area contributed by atoms with Gasteiger partial charge in [0.15, 0.2) is 5.11 Å². The Bertz CT molecular complexity index is 962. The molecule has 6 heteroatoms. The van der Waals surface area contributed by atoms with Gasteiger partial charge >= 0.3 is 0 Å². The summed E-state index contributed by atoms with van der Waals surface area (Å²) < 4.78 is 8.00. The average molecular weight is 395 g/mol. The first-order valence-corrected chi connectivity index (χ1v) is 10.1. The summed E-state index contributed by atoms with van der Waals surface area (Å²) >= 11 is 5.74. The van der Waals surface area contributed by atoms with Crippen LogP contribution in [-0.2, 0) is 6.54 Å². The largest absolute Gasteiger partial charge is 0.467 e. The predicted molar refractivity (Wildman–Crippen MR) is 114 cm³/mol. The molecule has 4 heterocycles. The van der Waals surface area contributed by atoms with Gasteiger partial charge in [0, 0.05) is 23.6 Å². The van der Waals surface area contributed by atoms with Gasteiger partial charge in [-0.05, 0) is 75.8 Å². The maximum absolute atomic E-state index is 5.74. The molecular weight excluding hydrogens is 368 g/mol. The second-order valence-corrected chi connectivity index (χ2v) is 8.01. The summed E-state index contributed by atoms with van der Waals surface area (Å²) in [7, 11) is 0. The summed E-state index contributed by atoms with van der Waals surface area (Å²) in [5.74, 6) is 0.897. The zero-order valence-electron chi connectivity index (χ0n) is 16.7. The highest BCUT2D eigenvalue weighted by atomic mass is 32.1. The van der Waals surface area contributed by atoms with Crippen LogP contribution in [0.4, 0.5) is 0 Å². The van der Waals surface area contributed by atoms with Crippen LogP contribution in [0, 0.1) is 13.8 Å². The molecule has 0 radical (unpaired) electrons. The lowest BCUT2D eigenvalue weighted by Gasteiger charge is -2.27. The Kier molecular flexibility index (Phi) is 4.98. The minimum atomic E-state index is -0.00947. The molecule has 28 heavy (non-hydrogen) atoms. The lowest BCUT2D eigenvalue weighted by molar-refractivity contribution is 0.286. The van der Waals surface area contributed by atoms with E-state index in [1.807, 2.05) is 30.5 Å². The smallest absolute Gasteiger partial charge is 0.170 e. The molecule has 146 valence electrons. The van der Waals surface area contributed by atoms with Crippen LogP contribution in [-0.4, -0.2) is 19.6 Å². The number of nitrogens with zero attached hydrogens (tertiary/aromatic N) is 3. The molecule has 1 N–H and O–H groups in total. The van der Waals surface area contributed by atoms with Crippen molar-refractivity contribution in [3.63, 3.8) is 0 Å². The van der Waals surface area contributed by atoms with Crippen molar-refractivity contribution in [3.8, 4) is 0 Å². The summed E-state index contributed by atoms with van der Waals surface area (Å²) in [6.45, 7) is 9.43. The van der Waals surface area contributed by atoms with Crippen LogP contribution in [0.25, 0.3) is 0 Å². The van der Waals surface area contributed by atoms with Gasteiger partial charge in [0.2, 0.25) is 0 Å². The van der Waals surface area contributed by atoms with Crippen LogP contribution in [0.5, 0.6) is 0 Å². The van der Waals surface area contributed by atoms with E-state index in [1.165, 1.54) is 17.0 Å². The molecule has 1 aliphatic rings. The summed E-state index contributed by atoms with van der Waals surface area (Å²) in [6.07, 6.45) is 3.54. The Morgan fingerprint density at radius 1 is 1.21 bits per heavy atom. The van der Waals surface area contributed by atoms with E-state index in [1.54, 1.807) is 6.26 Å². The molecule has 2 atom stereocenters. The molecule has 1 aliphatic heterocycles.